The molecule has 0 saturated carbocycles. The first kappa shape index (κ1) is 25.3. The quantitative estimate of drug-likeness (QED) is 0.596. The Kier molecular flexibility index (Phi) is 7.00. The Morgan fingerprint density at radius 2 is 1.82 bits per heavy atom. The molecule has 1 aliphatic rings. The summed E-state index contributed by atoms with van der Waals surface area (Å²) >= 11 is 12.2. The largest absolute Gasteiger partial charge is 0.418 e. The minimum absolute atomic E-state index is 0.0442. The third kappa shape index (κ3) is 4.19. The fourth-order valence-electron chi connectivity index (χ4n) is 4.09. The van der Waals surface area contributed by atoms with Gasteiger partial charge in [0, 0.05) is 29.2 Å². The van der Waals surface area contributed by atoms with Crippen molar-refractivity contribution < 1.29 is 27.9 Å². The lowest BCUT2D eigenvalue weighted by Gasteiger charge is -2.27. The molecule has 0 aliphatic carbocycles. The number of primary amides is 1. The van der Waals surface area contributed by atoms with Crippen molar-refractivity contribution in [3.63, 3.8) is 0 Å². The van der Waals surface area contributed by atoms with Crippen LogP contribution in [-0.2, 0) is 16.6 Å². The van der Waals surface area contributed by atoms with Crippen molar-refractivity contribution in [1.82, 2.24) is 4.90 Å². The smallest absolute Gasteiger partial charge is 0.372 e. The van der Waals surface area contributed by atoms with Crippen molar-refractivity contribution in [2.24, 2.45) is 5.73 Å². The highest BCUT2D eigenvalue weighted by molar-refractivity contribution is 6.35. The Labute approximate surface area is 198 Å². The van der Waals surface area contributed by atoms with Crippen LogP contribution in [0.2, 0.25) is 10.0 Å². The Bertz CT molecular complexity index is 1110. The third-order valence-electron chi connectivity index (χ3n) is 5.80. The average molecular weight is 504 g/mol. The molecule has 1 unspecified atom stereocenters. The number of aliphatic hydroxyl groups is 1. The van der Waals surface area contributed by atoms with Gasteiger partial charge in [-0.05, 0) is 25.2 Å². The molecule has 11 heteroatoms. The van der Waals surface area contributed by atoms with Gasteiger partial charge in [0.1, 0.15) is 0 Å². The minimum atomic E-state index is -5.11. The van der Waals surface area contributed by atoms with Gasteiger partial charge in [-0.3, -0.25) is 9.59 Å². The SMILES string of the molecule is CCN(CC)CCN1C(=O)C(O)(c2ccccc2Cl)c2c1cc(C(N)=O)c(Cl)c2C(F)(F)F. The van der Waals surface area contributed by atoms with Crippen LogP contribution in [0.1, 0.15) is 40.9 Å². The van der Waals surface area contributed by atoms with Crippen LogP contribution in [0.4, 0.5) is 18.9 Å². The predicted molar refractivity (Wildman–Crippen MR) is 120 cm³/mol. The number of hydrogen-bond donors (Lipinski definition) is 2. The number of anilines is 1. The van der Waals surface area contributed by atoms with E-state index in [-0.39, 0.29) is 22.8 Å². The second-order valence-electron chi connectivity index (χ2n) is 7.54. The maximum atomic E-state index is 14.3. The molecule has 0 radical (unpaired) electrons. The number of halogens is 5. The molecule has 1 atom stereocenters. The van der Waals surface area contributed by atoms with Crippen LogP contribution in [0.3, 0.4) is 0 Å². The predicted octanol–water partition coefficient (Wildman–Crippen LogP) is 4.04. The lowest BCUT2D eigenvalue weighted by molar-refractivity contribution is -0.142. The summed E-state index contributed by atoms with van der Waals surface area (Å²) in [4.78, 5) is 28.5. The number of nitrogens with zero attached hydrogens (tertiary/aromatic N) is 2. The first-order chi connectivity index (χ1) is 15.4. The van der Waals surface area contributed by atoms with Crippen molar-refractivity contribution in [3.8, 4) is 0 Å². The number of benzene rings is 2. The summed E-state index contributed by atoms with van der Waals surface area (Å²) in [6.07, 6.45) is -5.11. The molecule has 6 nitrogen and oxygen atoms in total. The number of carbonyl (C=O) groups is 2. The van der Waals surface area contributed by atoms with Crippen LogP contribution in [-0.4, -0.2) is 48.0 Å². The van der Waals surface area contributed by atoms with E-state index in [1.807, 2.05) is 18.7 Å². The van der Waals surface area contributed by atoms with Gasteiger partial charge in [0.05, 0.1) is 21.8 Å². The number of alkyl halides is 3. The Morgan fingerprint density at radius 1 is 1.21 bits per heavy atom. The first-order valence-corrected chi connectivity index (χ1v) is 10.9. The fraction of sp³-hybridized carbons (Fsp3) is 0.364. The summed E-state index contributed by atoms with van der Waals surface area (Å²) in [6.45, 7) is 5.35. The van der Waals surface area contributed by atoms with E-state index in [1.165, 1.54) is 24.3 Å². The van der Waals surface area contributed by atoms with Gasteiger partial charge in [0.15, 0.2) is 5.60 Å². The summed E-state index contributed by atoms with van der Waals surface area (Å²) < 4.78 is 42.8. The number of hydrogen-bond acceptors (Lipinski definition) is 4. The van der Waals surface area contributed by atoms with E-state index in [1.54, 1.807) is 0 Å². The number of carbonyl (C=O) groups excluding carboxylic acids is 2. The van der Waals surface area contributed by atoms with Gasteiger partial charge < -0.3 is 20.6 Å². The molecule has 2 amide bonds. The average Bonchev–Trinajstić information content (AvgIpc) is 2.95. The number of rotatable bonds is 7. The number of fused-ring (bicyclic) bond motifs is 1. The molecule has 1 aliphatic heterocycles. The lowest BCUT2D eigenvalue weighted by Crippen LogP contribution is -2.44. The summed E-state index contributed by atoms with van der Waals surface area (Å²) in [6, 6.07) is 6.60. The highest BCUT2D eigenvalue weighted by Crippen LogP contribution is 2.54. The van der Waals surface area contributed by atoms with E-state index in [2.05, 4.69) is 0 Å². The molecule has 0 fully saturated rings. The van der Waals surface area contributed by atoms with Crippen molar-refractivity contribution >= 4 is 40.7 Å². The molecule has 1 heterocycles. The van der Waals surface area contributed by atoms with E-state index in [0.29, 0.717) is 19.6 Å². The summed E-state index contributed by atoms with van der Waals surface area (Å²) in [5.74, 6) is -2.22. The molecule has 178 valence electrons. The Morgan fingerprint density at radius 3 is 2.33 bits per heavy atom. The molecule has 3 rings (SSSR count). The molecule has 0 saturated heterocycles. The first-order valence-electron chi connectivity index (χ1n) is 10.1. The van der Waals surface area contributed by atoms with Crippen molar-refractivity contribution in [3.05, 3.63) is 62.6 Å². The molecular weight excluding hydrogens is 482 g/mol. The Hall–Kier alpha value is -2.33. The molecule has 0 aromatic heterocycles. The lowest BCUT2D eigenvalue weighted by atomic mass is 9.83. The van der Waals surface area contributed by atoms with Crippen molar-refractivity contribution in [1.29, 1.82) is 0 Å². The minimum Gasteiger partial charge on any atom is -0.372 e. The van der Waals surface area contributed by atoms with Gasteiger partial charge in [-0.25, -0.2) is 0 Å². The monoisotopic (exact) mass is 503 g/mol. The fourth-order valence-corrected chi connectivity index (χ4v) is 4.71. The highest BCUT2D eigenvalue weighted by Gasteiger charge is 2.57. The van der Waals surface area contributed by atoms with E-state index >= 15 is 0 Å². The zero-order valence-corrected chi connectivity index (χ0v) is 19.4. The number of nitrogens with two attached hydrogens (primary N) is 1. The standard InChI is InChI=1S/C22H22Cl2F3N3O3/c1-3-29(4-2)9-10-30-15-11-12(19(28)31)18(24)17(22(25,26)27)16(15)21(33,20(30)32)13-7-5-6-8-14(13)23/h5-8,11,33H,3-4,9-10H2,1-2H3,(H2,28,31). The van der Waals surface area contributed by atoms with E-state index in [9.17, 15) is 27.9 Å². The van der Waals surface area contributed by atoms with Crippen molar-refractivity contribution in [2.75, 3.05) is 31.1 Å². The summed E-state index contributed by atoms with van der Waals surface area (Å²) in [5, 5.41) is 10.6. The highest BCUT2D eigenvalue weighted by atomic mass is 35.5. The number of likely N-dealkylation sites (N-methyl/N-ethyl adjacent to an activating group) is 1. The van der Waals surface area contributed by atoms with Gasteiger partial charge >= 0.3 is 6.18 Å². The van der Waals surface area contributed by atoms with Crippen LogP contribution in [0.5, 0.6) is 0 Å². The van der Waals surface area contributed by atoms with Crippen LogP contribution in [0.15, 0.2) is 30.3 Å². The molecular formula is C22H22Cl2F3N3O3. The topological polar surface area (TPSA) is 86.9 Å². The van der Waals surface area contributed by atoms with Crippen LogP contribution in [0.25, 0.3) is 0 Å². The van der Waals surface area contributed by atoms with Gasteiger partial charge in [-0.15, -0.1) is 0 Å². The van der Waals surface area contributed by atoms with Crippen LogP contribution in [0, 0.1) is 0 Å². The van der Waals surface area contributed by atoms with E-state index in [0.717, 1.165) is 11.0 Å². The molecule has 2 aromatic carbocycles. The summed E-state index contributed by atoms with van der Waals surface area (Å²) in [5.41, 5.74) is -0.893. The number of amides is 2. The zero-order chi connectivity index (χ0) is 24.7. The second kappa shape index (κ2) is 9.13. The maximum Gasteiger partial charge on any atom is 0.418 e. The molecule has 0 spiro atoms. The summed E-state index contributed by atoms with van der Waals surface area (Å²) in [7, 11) is 0. The third-order valence-corrected chi connectivity index (χ3v) is 6.52. The normalized spacial score (nSPS) is 18.2. The van der Waals surface area contributed by atoms with Crippen molar-refractivity contribution in [2.45, 2.75) is 25.6 Å². The van der Waals surface area contributed by atoms with Crippen LogP contribution < -0.4 is 10.6 Å². The molecule has 33 heavy (non-hydrogen) atoms. The van der Waals surface area contributed by atoms with Gasteiger partial charge in [0.2, 0.25) is 5.91 Å². The maximum absolute atomic E-state index is 14.3. The van der Waals surface area contributed by atoms with Gasteiger partial charge in [0.25, 0.3) is 5.91 Å². The molecule has 2 aromatic rings. The van der Waals surface area contributed by atoms with Gasteiger partial charge in [-0.1, -0.05) is 55.2 Å². The second-order valence-corrected chi connectivity index (χ2v) is 8.33. The van der Waals surface area contributed by atoms with Gasteiger partial charge in [-0.2, -0.15) is 13.2 Å². The molecule has 3 N–H and O–H groups in total. The van der Waals surface area contributed by atoms with E-state index in [4.69, 9.17) is 28.9 Å². The Balaban J connectivity index is 2.38. The molecule has 0 bridgehead atoms. The van der Waals surface area contributed by atoms with E-state index < -0.39 is 45.3 Å². The van der Waals surface area contributed by atoms with Crippen LogP contribution >= 0.6 is 23.2 Å². The zero-order valence-electron chi connectivity index (χ0n) is 17.8.